The second-order valence-corrected chi connectivity index (χ2v) is 7.30. The average molecular weight is 444 g/mol. The Balaban J connectivity index is 2.17. The summed E-state index contributed by atoms with van der Waals surface area (Å²) in [6, 6.07) is 3.04. The summed E-state index contributed by atoms with van der Waals surface area (Å²) in [6.45, 7) is 3.41. The van der Waals surface area contributed by atoms with Gasteiger partial charge in [-0.1, -0.05) is 23.4 Å². The fourth-order valence-corrected chi connectivity index (χ4v) is 3.34. The minimum absolute atomic E-state index is 0.0991. The zero-order valence-electron chi connectivity index (χ0n) is 15.4. The van der Waals surface area contributed by atoms with E-state index in [1.807, 2.05) is 0 Å². The van der Waals surface area contributed by atoms with Gasteiger partial charge in [-0.3, -0.25) is 9.59 Å². The molecule has 0 spiro atoms. The van der Waals surface area contributed by atoms with Gasteiger partial charge in [0.1, 0.15) is 5.25 Å². The number of hydrogen-bond donors (Lipinski definition) is 3. The Morgan fingerprint density at radius 2 is 2.14 bits per heavy atom. The van der Waals surface area contributed by atoms with Crippen molar-refractivity contribution in [3.8, 4) is 11.5 Å². The summed E-state index contributed by atoms with van der Waals surface area (Å²) in [5.41, 5.74) is 0.495. The minimum Gasteiger partial charge on any atom is -0.490 e. The molecule has 1 saturated heterocycles. The lowest BCUT2D eigenvalue weighted by molar-refractivity contribution is -0.144. The van der Waals surface area contributed by atoms with E-state index >= 15 is 0 Å². The summed E-state index contributed by atoms with van der Waals surface area (Å²) in [7, 11) is 0. The number of carboxylic acids is 2. The van der Waals surface area contributed by atoms with Crippen molar-refractivity contribution in [3.05, 3.63) is 22.7 Å². The first-order valence-electron chi connectivity index (χ1n) is 8.37. The van der Waals surface area contributed by atoms with E-state index in [2.05, 4.69) is 15.5 Å². The number of thioether (sulfide) groups is 1. The minimum atomic E-state index is -1.15. The van der Waals surface area contributed by atoms with Crippen LogP contribution in [-0.4, -0.2) is 57.4 Å². The number of carboxylic acid groups (broad SMARTS) is 2. The molecular formula is C17H18ClN3O7S. The first-order chi connectivity index (χ1) is 13.7. The first kappa shape index (κ1) is 22.5. The highest BCUT2D eigenvalue weighted by Gasteiger charge is 2.32. The maximum atomic E-state index is 11.7. The molecule has 1 aromatic rings. The zero-order valence-corrected chi connectivity index (χ0v) is 17.0. The molecule has 156 valence electrons. The third-order valence-electron chi connectivity index (χ3n) is 3.47. The molecule has 1 amide bonds. The van der Waals surface area contributed by atoms with Crippen molar-refractivity contribution in [3.63, 3.8) is 0 Å². The van der Waals surface area contributed by atoms with E-state index < -0.39 is 29.2 Å². The van der Waals surface area contributed by atoms with Crippen LogP contribution < -0.4 is 14.8 Å². The highest BCUT2D eigenvalue weighted by molar-refractivity contribution is 8.15. The lowest BCUT2D eigenvalue weighted by atomic mass is 10.2. The Labute approximate surface area is 174 Å². The topological polar surface area (TPSA) is 147 Å². The number of nitrogens with one attached hydrogen (secondary N) is 1. The van der Waals surface area contributed by atoms with Gasteiger partial charge >= 0.3 is 11.9 Å². The van der Waals surface area contributed by atoms with Crippen LogP contribution >= 0.6 is 23.4 Å². The van der Waals surface area contributed by atoms with Crippen LogP contribution in [0, 0.1) is 0 Å². The lowest BCUT2D eigenvalue weighted by Gasteiger charge is -2.16. The highest BCUT2D eigenvalue weighted by atomic mass is 35.5. The molecule has 29 heavy (non-hydrogen) atoms. The molecule has 10 nitrogen and oxygen atoms in total. The number of carbonyl (C=O) groups is 3. The largest absolute Gasteiger partial charge is 0.490 e. The number of amidine groups is 1. The van der Waals surface area contributed by atoms with Crippen molar-refractivity contribution < 1.29 is 34.1 Å². The van der Waals surface area contributed by atoms with Gasteiger partial charge in [0.2, 0.25) is 5.91 Å². The molecule has 0 radical (unpaired) electrons. The Kier molecular flexibility index (Phi) is 7.85. The number of halogens is 1. The van der Waals surface area contributed by atoms with Gasteiger partial charge in [-0.2, -0.15) is 5.10 Å². The van der Waals surface area contributed by atoms with Crippen LogP contribution in [0.3, 0.4) is 0 Å². The van der Waals surface area contributed by atoms with E-state index in [9.17, 15) is 14.4 Å². The van der Waals surface area contributed by atoms with Gasteiger partial charge < -0.3 is 25.0 Å². The molecule has 2 atom stereocenters. The van der Waals surface area contributed by atoms with Crippen LogP contribution in [0.25, 0.3) is 0 Å². The van der Waals surface area contributed by atoms with Gasteiger partial charge in [-0.05, 0) is 26.0 Å². The van der Waals surface area contributed by atoms with E-state index in [0.717, 1.165) is 11.8 Å². The Bertz CT molecular complexity index is 875. The van der Waals surface area contributed by atoms with E-state index in [1.165, 1.54) is 19.2 Å². The van der Waals surface area contributed by atoms with Crippen LogP contribution in [0.4, 0.5) is 0 Å². The van der Waals surface area contributed by atoms with Gasteiger partial charge in [0.05, 0.1) is 24.3 Å². The first-order valence-corrected chi connectivity index (χ1v) is 9.63. The summed E-state index contributed by atoms with van der Waals surface area (Å²) in [6.07, 6.45) is -0.0920. The van der Waals surface area contributed by atoms with Crippen molar-refractivity contribution >= 4 is 52.6 Å². The molecule has 1 aliphatic rings. The maximum absolute atomic E-state index is 11.7. The fourth-order valence-electron chi connectivity index (χ4n) is 2.16. The number of amides is 1. The summed E-state index contributed by atoms with van der Waals surface area (Å²) in [4.78, 5) is 33.4. The van der Waals surface area contributed by atoms with Crippen molar-refractivity contribution in [2.75, 3.05) is 6.61 Å². The maximum Gasteiger partial charge on any atom is 0.344 e. The lowest BCUT2D eigenvalue weighted by Crippen LogP contribution is -2.26. The second kappa shape index (κ2) is 10.1. The van der Waals surface area contributed by atoms with Gasteiger partial charge in [0.25, 0.3) is 0 Å². The predicted octanol–water partition coefficient (Wildman–Crippen LogP) is 1.99. The van der Waals surface area contributed by atoms with E-state index in [1.54, 1.807) is 13.0 Å². The highest BCUT2D eigenvalue weighted by Crippen LogP contribution is 2.37. The molecule has 0 aromatic heterocycles. The molecule has 3 N–H and O–H groups in total. The number of nitrogens with zero attached hydrogens (tertiary/aromatic N) is 2. The second-order valence-electron chi connectivity index (χ2n) is 5.70. The summed E-state index contributed by atoms with van der Waals surface area (Å²) >= 11 is 7.18. The zero-order chi connectivity index (χ0) is 21.6. The molecule has 1 aliphatic heterocycles. The van der Waals surface area contributed by atoms with E-state index in [-0.39, 0.29) is 28.1 Å². The van der Waals surface area contributed by atoms with Crippen molar-refractivity contribution in [1.82, 2.24) is 5.32 Å². The number of hydrogen-bond acceptors (Lipinski definition) is 8. The standard InChI is InChI=1S/C17H18ClN3O7S/c1-3-27-11-5-9(4-10(18)14(11)28-8(2)16(25)26)7-19-21-17-20-15(24)12(29-17)6-13(22)23/h4-5,7-8,12H,3,6H2,1-2H3,(H,22,23)(H,25,26)(H,20,21,24). The van der Waals surface area contributed by atoms with Gasteiger partial charge in [0.15, 0.2) is 22.8 Å². The Hall–Kier alpha value is -2.79. The molecule has 0 bridgehead atoms. The van der Waals surface area contributed by atoms with Gasteiger partial charge in [-0.25, -0.2) is 4.79 Å². The summed E-state index contributed by atoms with van der Waals surface area (Å²) < 4.78 is 10.8. The third kappa shape index (κ3) is 6.36. The molecular weight excluding hydrogens is 426 g/mol. The molecule has 0 saturated carbocycles. The van der Waals surface area contributed by atoms with Crippen LogP contribution in [0.15, 0.2) is 22.3 Å². The molecule has 1 heterocycles. The Morgan fingerprint density at radius 1 is 1.41 bits per heavy atom. The molecule has 2 unspecified atom stereocenters. The SMILES string of the molecule is CCOc1cc(C=NN=C2NC(=O)C(CC(=O)O)S2)cc(Cl)c1OC(C)C(=O)O. The molecule has 0 aliphatic carbocycles. The third-order valence-corrected chi connectivity index (χ3v) is 4.82. The molecule has 12 heteroatoms. The van der Waals surface area contributed by atoms with Crippen LogP contribution in [0.2, 0.25) is 5.02 Å². The number of aliphatic carboxylic acids is 2. The predicted molar refractivity (Wildman–Crippen MR) is 107 cm³/mol. The van der Waals surface area contributed by atoms with Crippen molar-refractivity contribution in [2.45, 2.75) is 31.6 Å². The number of carbonyl (C=O) groups excluding carboxylic acids is 1. The number of ether oxygens (including phenoxy) is 2. The summed E-state index contributed by atoms with van der Waals surface area (Å²) in [5, 5.41) is 27.5. The molecule has 1 fully saturated rings. The number of benzene rings is 1. The normalized spacial score (nSPS) is 18.7. The Morgan fingerprint density at radius 3 is 2.76 bits per heavy atom. The van der Waals surface area contributed by atoms with E-state index in [0.29, 0.717) is 12.2 Å². The van der Waals surface area contributed by atoms with Crippen LogP contribution in [0.5, 0.6) is 11.5 Å². The number of rotatable bonds is 9. The quantitative estimate of drug-likeness (QED) is 0.387. The fraction of sp³-hybridized carbons (Fsp3) is 0.353. The van der Waals surface area contributed by atoms with Gasteiger partial charge in [-0.15, -0.1) is 5.10 Å². The van der Waals surface area contributed by atoms with Crippen molar-refractivity contribution in [2.24, 2.45) is 10.2 Å². The molecule has 1 aromatic carbocycles. The van der Waals surface area contributed by atoms with Crippen LogP contribution in [0.1, 0.15) is 25.8 Å². The smallest absolute Gasteiger partial charge is 0.344 e. The summed E-state index contributed by atoms with van der Waals surface area (Å²) in [5.74, 6) is -2.33. The average Bonchev–Trinajstić information content (AvgIpc) is 2.96. The van der Waals surface area contributed by atoms with Crippen LogP contribution in [-0.2, 0) is 14.4 Å². The van der Waals surface area contributed by atoms with Gasteiger partial charge in [0, 0.05) is 5.56 Å². The molecule has 2 rings (SSSR count). The van der Waals surface area contributed by atoms with E-state index in [4.69, 9.17) is 31.3 Å². The monoisotopic (exact) mass is 443 g/mol. The van der Waals surface area contributed by atoms with Crippen molar-refractivity contribution in [1.29, 1.82) is 0 Å².